The van der Waals surface area contributed by atoms with Gasteiger partial charge >= 0.3 is 0 Å². The second-order valence-electron chi connectivity index (χ2n) is 3.53. The third kappa shape index (κ3) is 3.44. The average Bonchev–Trinajstić information content (AvgIpc) is 2.28. The predicted molar refractivity (Wildman–Crippen MR) is 69.4 cm³/mol. The number of carbonyl (C=O) groups excluding carboxylic acids is 1. The molecule has 94 valence electrons. The zero-order valence-electron chi connectivity index (χ0n) is 9.68. The minimum Gasteiger partial charge on any atom is -0.293 e. The zero-order chi connectivity index (χ0) is 13.1. The van der Waals surface area contributed by atoms with Crippen molar-refractivity contribution in [2.24, 2.45) is 0 Å². The second kappa shape index (κ2) is 5.51. The van der Waals surface area contributed by atoms with Crippen LogP contribution >= 0.6 is 11.6 Å². The van der Waals surface area contributed by atoms with E-state index in [4.69, 9.17) is 11.6 Å². The maximum absolute atomic E-state index is 11.5. The molecule has 0 unspecified atom stereocenters. The summed E-state index contributed by atoms with van der Waals surface area (Å²) in [6.07, 6.45) is 1.15. The lowest BCUT2D eigenvalue weighted by Crippen LogP contribution is -2.29. The summed E-state index contributed by atoms with van der Waals surface area (Å²) in [5.74, 6) is -0.260. The Kier molecular flexibility index (Phi) is 4.54. The molecule has 0 aliphatic carbocycles. The molecule has 0 N–H and O–H groups in total. The molecule has 1 aromatic carbocycles. The monoisotopic (exact) mass is 275 g/mol. The first kappa shape index (κ1) is 14.0. The number of ketones is 1. The van der Waals surface area contributed by atoms with Crippen LogP contribution in [0.4, 0.5) is 5.69 Å². The molecule has 0 atom stereocenters. The van der Waals surface area contributed by atoms with Gasteiger partial charge in [-0.1, -0.05) is 0 Å². The van der Waals surface area contributed by atoms with Crippen LogP contribution < -0.4 is 4.31 Å². The number of alkyl halides is 1. The smallest absolute Gasteiger partial charge is 0.232 e. The SMILES string of the molecule is CCN(c1ccc(C(=O)CCl)cc1)S(C)(=O)=O. The van der Waals surface area contributed by atoms with E-state index in [-0.39, 0.29) is 11.7 Å². The molecule has 0 heterocycles. The molecule has 0 bridgehead atoms. The third-order valence-corrected chi connectivity index (χ3v) is 3.80. The number of halogens is 1. The summed E-state index contributed by atoms with van der Waals surface area (Å²) < 4.78 is 24.2. The van der Waals surface area contributed by atoms with Crippen LogP contribution in [0.5, 0.6) is 0 Å². The normalized spacial score (nSPS) is 11.2. The van der Waals surface area contributed by atoms with Crippen molar-refractivity contribution in [3.63, 3.8) is 0 Å². The highest BCUT2D eigenvalue weighted by Gasteiger charge is 2.15. The van der Waals surface area contributed by atoms with Gasteiger partial charge in [0, 0.05) is 12.1 Å². The molecule has 0 amide bonds. The molecule has 0 saturated carbocycles. The number of nitrogens with zero attached hydrogens (tertiary/aromatic N) is 1. The molecule has 4 nitrogen and oxygen atoms in total. The van der Waals surface area contributed by atoms with Crippen LogP contribution in [0.1, 0.15) is 17.3 Å². The Labute approximate surface area is 106 Å². The number of anilines is 1. The highest BCUT2D eigenvalue weighted by atomic mass is 35.5. The van der Waals surface area contributed by atoms with E-state index in [1.165, 1.54) is 4.31 Å². The molecule has 0 radical (unpaired) electrons. The third-order valence-electron chi connectivity index (χ3n) is 2.29. The van der Waals surface area contributed by atoms with E-state index in [1.54, 1.807) is 31.2 Å². The van der Waals surface area contributed by atoms with Gasteiger partial charge in [-0.25, -0.2) is 8.42 Å². The van der Waals surface area contributed by atoms with Crippen LogP contribution in [0.2, 0.25) is 0 Å². The van der Waals surface area contributed by atoms with E-state index >= 15 is 0 Å². The average molecular weight is 276 g/mol. The molecular formula is C11H14ClNO3S. The Morgan fingerprint density at radius 3 is 2.18 bits per heavy atom. The first-order valence-electron chi connectivity index (χ1n) is 5.07. The lowest BCUT2D eigenvalue weighted by molar-refractivity contribution is 0.102. The molecule has 6 heteroatoms. The van der Waals surface area contributed by atoms with E-state index in [0.29, 0.717) is 17.8 Å². The summed E-state index contributed by atoms with van der Waals surface area (Å²) in [7, 11) is -3.28. The highest BCUT2D eigenvalue weighted by Crippen LogP contribution is 2.18. The van der Waals surface area contributed by atoms with E-state index in [1.807, 2.05) is 0 Å². The van der Waals surface area contributed by atoms with Gasteiger partial charge in [0.1, 0.15) is 0 Å². The van der Waals surface area contributed by atoms with Crippen molar-refractivity contribution in [1.82, 2.24) is 0 Å². The second-order valence-corrected chi connectivity index (χ2v) is 5.71. The molecule has 0 aliphatic rings. The fraction of sp³-hybridized carbons (Fsp3) is 0.364. The van der Waals surface area contributed by atoms with E-state index in [2.05, 4.69) is 0 Å². The minimum absolute atomic E-state index is 0.0804. The molecule has 0 fully saturated rings. The topological polar surface area (TPSA) is 54.5 Å². The zero-order valence-corrected chi connectivity index (χ0v) is 11.3. The van der Waals surface area contributed by atoms with Crippen molar-refractivity contribution < 1.29 is 13.2 Å². The molecule has 1 aromatic rings. The summed E-state index contributed by atoms with van der Waals surface area (Å²) in [6, 6.07) is 6.36. The first-order valence-corrected chi connectivity index (χ1v) is 7.45. The van der Waals surface area contributed by atoms with Crippen molar-refractivity contribution in [2.45, 2.75) is 6.92 Å². The van der Waals surface area contributed by atoms with Crippen LogP contribution in [0, 0.1) is 0 Å². The molecule has 0 aromatic heterocycles. The number of sulfonamides is 1. The minimum atomic E-state index is -3.28. The van der Waals surface area contributed by atoms with E-state index in [0.717, 1.165) is 6.26 Å². The number of hydrogen-bond acceptors (Lipinski definition) is 3. The molecule has 0 saturated heterocycles. The molecule has 0 spiro atoms. The van der Waals surface area contributed by atoms with Gasteiger partial charge in [-0.3, -0.25) is 9.10 Å². The van der Waals surface area contributed by atoms with Gasteiger partial charge in [0.2, 0.25) is 10.0 Å². The highest BCUT2D eigenvalue weighted by molar-refractivity contribution is 7.92. The Hall–Kier alpha value is -1.07. The molecular weight excluding hydrogens is 262 g/mol. The lowest BCUT2D eigenvalue weighted by Gasteiger charge is -2.20. The first-order chi connectivity index (χ1) is 7.90. The summed E-state index contributed by atoms with van der Waals surface area (Å²) in [4.78, 5) is 11.3. The van der Waals surface area contributed by atoms with Gasteiger partial charge in [0.25, 0.3) is 0 Å². The maximum atomic E-state index is 11.5. The number of benzene rings is 1. The molecule has 17 heavy (non-hydrogen) atoms. The molecule has 1 rings (SSSR count). The van der Waals surface area contributed by atoms with Crippen LogP contribution in [-0.2, 0) is 10.0 Å². The van der Waals surface area contributed by atoms with E-state index in [9.17, 15) is 13.2 Å². The molecule has 0 aliphatic heterocycles. The summed E-state index contributed by atoms with van der Waals surface area (Å²) in [6.45, 7) is 2.10. The standard InChI is InChI=1S/C11H14ClNO3S/c1-3-13(17(2,15)16)10-6-4-9(5-7-10)11(14)8-12/h4-7H,3,8H2,1-2H3. The maximum Gasteiger partial charge on any atom is 0.232 e. The van der Waals surface area contributed by atoms with Crippen molar-refractivity contribution in [1.29, 1.82) is 0 Å². The quantitative estimate of drug-likeness (QED) is 0.609. The van der Waals surface area contributed by atoms with Crippen LogP contribution in [0.25, 0.3) is 0 Å². The van der Waals surface area contributed by atoms with Gasteiger partial charge in [0.05, 0.1) is 17.8 Å². The van der Waals surface area contributed by atoms with Crippen molar-refractivity contribution in [3.8, 4) is 0 Å². The number of carbonyl (C=O) groups is 1. The number of Topliss-reactive ketones (excluding diaryl/α,β-unsaturated/α-hetero) is 1. The lowest BCUT2D eigenvalue weighted by atomic mass is 10.1. The van der Waals surface area contributed by atoms with Crippen LogP contribution in [-0.4, -0.2) is 32.9 Å². The van der Waals surface area contributed by atoms with Crippen LogP contribution in [0.15, 0.2) is 24.3 Å². The fourth-order valence-electron chi connectivity index (χ4n) is 1.50. The predicted octanol–water partition coefficient (Wildman–Crippen LogP) is 1.89. The van der Waals surface area contributed by atoms with Gasteiger partial charge in [0.15, 0.2) is 5.78 Å². The van der Waals surface area contributed by atoms with Crippen molar-refractivity contribution in [3.05, 3.63) is 29.8 Å². The largest absolute Gasteiger partial charge is 0.293 e. The fourth-order valence-corrected chi connectivity index (χ4v) is 2.63. The number of rotatable bonds is 5. The van der Waals surface area contributed by atoms with Gasteiger partial charge < -0.3 is 0 Å². The van der Waals surface area contributed by atoms with Crippen molar-refractivity contribution in [2.75, 3.05) is 23.0 Å². The van der Waals surface area contributed by atoms with E-state index < -0.39 is 10.0 Å². The Morgan fingerprint density at radius 2 is 1.82 bits per heavy atom. The van der Waals surface area contributed by atoms with Gasteiger partial charge in [-0.05, 0) is 31.2 Å². The van der Waals surface area contributed by atoms with Crippen LogP contribution in [0.3, 0.4) is 0 Å². The van der Waals surface area contributed by atoms with Gasteiger partial charge in [-0.2, -0.15) is 0 Å². The van der Waals surface area contributed by atoms with Crippen molar-refractivity contribution >= 4 is 33.1 Å². The summed E-state index contributed by atoms with van der Waals surface area (Å²) in [5.41, 5.74) is 1.02. The Balaban J connectivity index is 3.05. The Morgan fingerprint density at radius 1 is 1.29 bits per heavy atom. The Bertz CT molecular complexity index is 496. The van der Waals surface area contributed by atoms with Gasteiger partial charge in [-0.15, -0.1) is 11.6 Å². The summed E-state index contributed by atoms with van der Waals surface area (Å²) >= 11 is 5.43. The summed E-state index contributed by atoms with van der Waals surface area (Å²) in [5, 5.41) is 0. The number of hydrogen-bond donors (Lipinski definition) is 0.